The van der Waals surface area contributed by atoms with Crippen LogP contribution in [0.25, 0.3) is 0 Å². The van der Waals surface area contributed by atoms with Crippen molar-refractivity contribution in [3.05, 3.63) is 41.7 Å². The molecule has 0 aliphatic carbocycles. The van der Waals surface area contributed by atoms with Gasteiger partial charge in [0.1, 0.15) is 34.8 Å². The van der Waals surface area contributed by atoms with Crippen LogP contribution in [0.3, 0.4) is 0 Å². The summed E-state index contributed by atoms with van der Waals surface area (Å²) in [5.74, 6) is 0.151. The molecule has 1 aromatic heterocycles. The van der Waals surface area contributed by atoms with Gasteiger partial charge in [-0.15, -0.1) is 0 Å². The van der Waals surface area contributed by atoms with Gasteiger partial charge in [-0.2, -0.15) is 0 Å². The van der Waals surface area contributed by atoms with Gasteiger partial charge in [-0.25, -0.2) is 18.7 Å². The van der Waals surface area contributed by atoms with Gasteiger partial charge in [0.2, 0.25) is 5.91 Å². The Hall–Kier alpha value is -2.77. The molecular formula is C17H19F2N5O. The molecule has 25 heavy (non-hydrogen) atoms. The average Bonchev–Trinajstić information content (AvgIpc) is 2.58. The zero-order chi connectivity index (χ0) is 18.0. The van der Waals surface area contributed by atoms with E-state index in [1.54, 1.807) is 24.8 Å². The number of rotatable bonds is 3. The van der Waals surface area contributed by atoms with E-state index in [0.29, 0.717) is 43.6 Å². The summed E-state index contributed by atoms with van der Waals surface area (Å²) in [7, 11) is 0. The van der Waals surface area contributed by atoms with Crippen LogP contribution in [0.4, 0.5) is 26.1 Å². The number of halogens is 2. The maximum Gasteiger partial charge on any atom is 0.219 e. The van der Waals surface area contributed by atoms with Crippen molar-refractivity contribution in [3.63, 3.8) is 0 Å². The van der Waals surface area contributed by atoms with Crippen molar-refractivity contribution >= 4 is 23.2 Å². The fraction of sp³-hybridized carbons (Fsp3) is 0.353. The Bertz CT molecular complexity index is 770. The number of piperazine rings is 1. The second-order valence-electron chi connectivity index (χ2n) is 5.87. The van der Waals surface area contributed by atoms with Crippen molar-refractivity contribution < 1.29 is 13.6 Å². The highest BCUT2D eigenvalue weighted by Crippen LogP contribution is 2.24. The van der Waals surface area contributed by atoms with Gasteiger partial charge < -0.3 is 15.1 Å². The van der Waals surface area contributed by atoms with Gasteiger partial charge in [0, 0.05) is 39.2 Å². The van der Waals surface area contributed by atoms with Crippen LogP contribution in [0.2, 0.25) is 0 Å². The fourth-order valence-corrected chi connectivity index (χ4v) is 2.77. The van der Waals surface area contributed by atoms with Gasteiger partial charge in [-0.05, 0) is 19.1 Å². The second-order valence-corrected chi connectivity index (χ2v) is 5.87. The summed E-state index contributed by atoms with van der Waals surface area (Å²) in [5.41, 5.74) is -0.243. The molecule has 2 aromatic rings. The summed E-state index contributed by atoms with van der Waals surface area (Å²) in [6.07, 6.45) is 0. The van der Waals surface area contributed by atoms with Crippen LogP contribution in [-0.2, 0) is 4.79 Å². The van der Waals surface area contributed by atoms with E-state index in [1.165, 1.54) is 18.2 Å². The van der Waals surface area contributed by atoms with Crippen LogP contribution in [0, 0.1) is 18.6 Å². The summed E-state index contributed by atoms with van der Waals surface area (Å²) in [6.45, 7) is 5.78. The number of para-hydroxylation sites is 1. The van der Waals surface area contributed by atoms with Crippen LogP contribution in [0.1, 0.15) is 12.7 Å². The zero-order valence-electron chi connectivity index (χ0n) is 14.1. The van der Waals surface area contributed by atoms with E-state index in [1.807, 2.05) is 4.90 Å². The molecule has 1 amide bonds. The van der Waals surface area contributed by atoms with Crippen molar-refractivity contribution in [2.75, 3.05) is 36.4 Å². The van der Waals surface area contributed by atoms with Crippen molar-refractivity contribution in [3.8, 4) is 0 Å². The minimum absolute atomic E-state index is 0.0518. The van der Waals surface area contributed by atoms with Gasteiger partial charge in [-0.3, -0.25) is 4.79 Å². The third-order valence-corrected chi connectivity index (χ3v) is 4.09. The van der Waals surface area contributed by atoms with Gasteiger partial charge in [0.05, 0.1) is 0 Å². The average molecular weight is 347 g/mol. The minimum atomic E-state index is -0.687. The smallest absolute Gasteiger partial charge is 0.219 e. The van der Waals surface area contributed by atoms with E-state index < -0.39 is 11.6 Å². The molecule has 1 aliphatic rings. The molecule has 3 rings (SSSR count). The molecule has 1 aliphatic heterocycles. The highest BCUT2D eigenvalue weighted by molar-refractivity contribution is 5.73. The standard InChI is InChI=1S/C17H19F2N5O/c1-11-20-15(22-17-13(18)4-3-5-14(17)19)10-16(21-11)24-8-6-23(7-9-24)12(2)25/h3-5,10H,6-9H2,1-2H3,(H,20,21,22). The van der Waals surface area contributed by atoms with Gasteiger partial charge >= 0.3 is 0 Å². The Morgan fingerprint density at radius 2 is 1.76 bits per heavy atom. The number of carbonyl (C=O) groups is 1. The highest BCUT2D eigenvalue weighted by atomic mass is 19.1. The van der Waals surface area contributed by atoms with E-state index in [-0.39, 0.29) is 11.6 Å². The molecule has 2 heterocycles. The molecule has 1 N–H and O–H groups in total. The molecule has 0 radical (unpaired) electrons. The van der Waals surface area contributed by atoms with Crippen LogP contribution < -0.4 is 10.2 Å². The third-order valence-electron chi connectivity index (χ3n) is 4.09. The molecular weight excluding hydrogens is 328 g/mol. The molecule has 1 fully saturated rings. The SMILES string of the molecule is CC(=O)N1CCN(c2cc(Nc3c(F)cccc3F)nc(C)n2)CC1. The number of hydrogen-bond acceptors (Lipinski definition) is 5. The molecule has 6 nitrogen and oxygen atoms in total. The molecule has 0 atom stereocenters. The molecule has 132 valence electrons. The first-order chi connectivity index (χ1) is 11.9. The van der Waals surface area contributed by atoms with E-state index in [0.717, 1.165) is 0 Å². The molecule has 0 bridgehead atoms. The monoisotopic (exact) mass is 347 g/mol. The summed E-state index contributed by atoms with van der Waals surface area (Å²) in [4.78, 5) is 23.8. The number of hydrogen-bond donors (Lipinski definition) is 1. The summed E-state index contributed by atoms with van der Waals surface area (Å²) >= 11 is 0. The van der Waals surface area contributed by atoms with Crippen LogP contribution in [-0.4, -0.2) is 47.0 Å². The largest absolute Gasteiger partial charge is 0.353 e. The Kier molecular flexibility index (Phi) is 4.78. The first-order valence-electron chi connectivity index (χ1n) is 8.01. The number of anilines is 3. The lowest BCUT2D eigenvalue weighted by atomic mass is 10.2. The lowest BCUT2D eigenvalue weighted by Crippen LogP contribution is -2.48. The Morgan fingerprint density at radius 3 is 2.36 bits per heavy atom. The van der Waals surface area contributed by atoms with E-state index in [2.05, 4.69) is 15.3 Å². The Labute approximate surface area is 144 Å². The zero-order valence-corrected chi connectivity index (χ0v) is 14.1. The number of nitrogens with zero attached hydrogens (tertiary/aromatic N) is 4. The highest BCUT2D eigenvalue weighted by Gasteiger charge is 2.20. The third kappa shape index (κ3) is 3.84. The number of carbonyl (C=O) groups excluding carboxylic acids is 1. The van der Waals surface area contributed by atoms with Gasteiger partial charge in [0.25, 0.3) is 0 Å². The van der Waals surface area contributed by atoms with Gasteiger partial charge in [-0.1, -0.05) is 6.07 Å². The van der Waals surface area contributed by atoms with Crippen LogP contribution >= 0.6 is 0 Å². The predicted molar refractivity (Wildman–Crippen MR) is 90.9 cm³/mol. The molecule has 1 aromatic carbocycles. The number of benzene rings is 1. The lowest BCUT2D eigenvalue weighted by Gasteiger charge is -2.35. The Morgan fingerprint density at radius 1 is 1.12 bits per heavy atom. The molecule has 1 saturated heterocycles. The van der Waals surface area contributed by atoms with Gasteiger partial charge in [0.15, 0.2) is 0 Å². The first-order valence-corrected chi connectivity index (χ1v) is 8.01. The summed E-state index contributed by atoms with van der Waals surface area (Å²) in [6, 6.07) is 5.33. The number of nitrogens with one attached hydrogen (secondary N) is 1. The first kappa shape index (κ1) is 17.1. The second kappa shape index (κ2) is 7.00. The number of amides is 1. The van der Waals surface area contributed by atoms with Crippen molar-refractivity contribution in [2.24, 2.45) is 0 Å². The normalized spacial score (nSPS) is 14.6. The Balaban J connectivity index is 1.81. The van der Waals surface area contributed by atoms with E-state index in [9.17, 15) is 13.6 Å². The maximum atomic E-state index is 13.8. The minimum Gasteiger partial charge on any atom is -0.353 e. The number of aromatic nitrogens is 2. The molecule has 0 saturated carbocycles. The maximum absolute atomic E-state index is 13.8. The molecule has 0 unspecified atom stereocenters. The molecule has 0 spiro atoms. The van der Waals surface area contributed by atoms with Crippen molar-refractivity contribution in [1.82, 2.24) is 14.9 Å². The lowest BCUT2D eigenvalue weighted by molar-refractivity contribution is -0.129. The van der Waals surface area contributed by atoms with Crippen molar-refractivity contribution in [2.45, 2.75) is 13.8 Å². The quantitative estimate of drug-likeness (QED) is 0.924. The predicted octanol–water partition coefficient (Wildman–Crippen LogP) is 2.48. The van der Waals surface area contributed by atoms with Crippen molar-refractivity contribution in [1.29, 1.82) is 0 Å². The topological polar surface area (TPSA) is 61.4 Å². The molecule has 8 heteroatoms. The van der Waals surface area contributed by atoms with Crippen LogP contribution in [0.5, 0.6) is 0 Å². The number of aryl methyl sites for hydroxylation is 1. The fourth-order valence-electron chi connectivity index (χ4n) is 2.77. The van der Waals surface area contributed by atoms with E-state index >= 15 is 0 Å². The summed E-state index contributed by atoms with van der Waals surface area (Å²) in [5, 5.41) is 2.70. The summed E-state index contributed by atoms with van der Waals surface area (Å²) < 4.78 is 27.6. The van der Waals surface area contributed by atoms with E-state index in [4.69, 9.17) is 0 Å². The van der Waals surface area contributed by atoms with Crippen LogP contribution in [0.15, 0.2) is 24.3 Å².